The maximum atomic E-state index is 13.1. The van der Waals surface area contributed by atoms with E-state index >= 15 is 0 Å². The summed E-state index contributed by atoms with van der Waals surface area (Å²) in [5.41, 5.74) is 1.77. The van der Waals surface area contributed by atoms with Crippen molar-refractivity contribution in [1.82, 2.24) is 5.32 Å². The van der Waals surface area contributed by atoms with Gasteiger partial charge in [0, 0.05) is 5.02 Å². The maximum absolute atomic E-state index is 13.1. The van der Waals surface area contributed by atoms with Crippen molar-refractivity contribution < 1.29 is 28.6 Å². The fraction of sp³-hybridized carbons (Fsp3) is 0.179. The number of ether oxygens (including phenoxy) is 3. The molecule has 3 aromatic carbocycles. The number of barbiturate groups is 1. The number of hydrogen-bond donors (Lipinski definition) is 1. The van der Waals surface area contributed by atoms with Gasteiger partial charge in [0.25, 0.3) is 11.8 Å². The SMILES string of the molecule is CCOc1cc(C=C2C(=O)NC(=O)N(c3ccc(Cl)cc3)C2=O)ccc1OCCOc1ccc(C)cc1. The van der Waals surface area contributed by atoms with Crippen LogP contribution in [-0.4, -0.2) is 37.7 Å². The third-order valence-corrected chi connectivity index (χ3v) is 5.65. The van der Waals surface area contributed by atoms with Gasteiger partial charge in [-0.1, -0.05) is 35.4 Å². The minimum atomic E-state index is -0.832. The van der Waals surface area contributed by atoms with Crippen LogP contribution in [0.3, 0.4) is 0 Å². The smallest absolute Gasteiger partial charge is 0.335 e. The lowest BCUT2D eigenvalue weighted by atomic mass is 10.1. The third kappa shape index (κ3) is 6.29. The van der Waals surface area contributed by atoms with Gasteiger partial charge in [-0.05, 0) is 74.0 Å². The van der Waals surface area contributed by atoms with Gasteiger partial charge in [-0.2, -0.15) is 0 Å². The number of hydrogen-bond acceptors (Lipinski definition) is 6. The molecular weight excluding hydrogens is 496 g/mol. The summed E-state index contributed by atoms with van der Waals surface area (Å²) < 4.78 is 17.2. The molecule has 0 unspecified atom stereocenters. The van der Waals surface area contributed by atoms with Crippen molar-refractivity contribution in [3.63, 3.8) is 0 Å². The van der Waals surface area contributed by atoms with Gasteiger partial charge in [-0.25, -0.2) is 9.69 Å². The minimum Gasteiger partial charge on any atom is -0.490 e. The van der Waals surface area contributed by atoms with Crippen molar-refractivity contribution in [2.75, 3.05) is 24.7 Å². The zero-order valence-electron chi connectivity index (χ0n) is 20.3. The number of aryl methyl sites for hydroxylation is 1. The van der Waals surface area contributed by atoms with Crippen LogP contribution < -0.4 is 24.4 Å². The number of rotatable bonds is 9. The minimum absolute atomic E-state index is 0.197. The van der Waals surface area contributed by atoms with E-state index in [1.54, 1.807) is 30.3 Å². The first kappa shape index (κ1) is 25.8. The second-order valence-electron chi connectivity index (χ2n) is 8.08. The molecule has 8 nitrogen and oxygen atoms in total. The van der Waals surface area contributed by atoms with E-state index in [9.17, 15) is 14.4 Å². The average molecular weight is 521 g/mol. The summed E-state index contributed by atoms with van der Waals surface area (Å²) in [6.07, 6.45) is 1.40. The third-order valence-electron chi connectivity index (χ3n) is 5.40. The molecule has 0 aliphatic carbocycles. The van der Waals surface area contributed by atoms with Gasteiger partial charge in [-0.3, -0.25) is 14.9 Å². The maximum Gasteiger partial charge on any atom is 0.335 e. The molecule has 4 amide bonds. The summed E-state index contributed by atoms with van der Waals surface area (Å²) in [6.45, 7) is 4.85. The highest BCUT2D eigenvalue weighted by Crippen LogP contribution is 2.30. The first-order valence-electron chi connectivity index (χ1n) is 11.6. The van der Waals surface area contributed by atoms with Crippen LogP contribution in [0, 0.1) is 6.92 Å². The quantitative estimate of drug-likeness (QED) is 0.237. The first-order chi connectivity index (χ1) is 17.9. The molecule has 0 bridgehead atoms. The Bertz CT molecular complexity index is 1340. The van der Waals surface area contributed by atoms with Crippen LogP contribution in [0.1, 0.15) is 18.1 Å². The lowest BCUT2D eigenvalue weighted by Crippen LogP contribution is -2.54. The number of benzene rings is 3. The number of carbonyl (C=O) groups excluding carboxylic acids is 3. The molecule has 0 atom stereocenters. The van der Waals surface area contributed by atoms with Gasteiger partial charge in [0.2, 0.25) is 0 Å². The molecule has 0 saturated carbocycles. The molecule has 9 heteroatoms. The highest BCUT2D eigenvalue weighted by molar-refractivity contribution is 6.39. The van der Waals surface area contributed by atoms with Crippen LogP contribution >= 0.6 is 11.6 Å². The second-order valence-corrected chi connectivity index (χ2v) is 8.52. The van der Waals surface area contributed by atoms with E-state index in [1.807, 2.05) is 38.1 Å². The van der Waals surface area contributed by atoms with Gasteiger partial charge in [0.1, 0.15) is 24.5 Å². The van der Waals surface area contributed by atoms with Crippen LogP contribution in [0.4, 0.5) is 10.5 Å². The van der Waals surface area contributed by atoms with E-state index in [0.29, 0.717) is 35.3 Å². The zero-order chi connectivity index (χ0) is 26.4. The van der Waals surface area contributed by atoms with Crippen molar-refractivity contribution in [2.45, 2.75) is 13.8 Å². The molecule has 0 radical (unpaired) electrons. The van der Waals surface area contributed by atoms with Crippen molar-refractivity contribution in [3.05, 3.63) is 88.5 Å². The van der Waals surface area contributed by atoms with E-state index in [0.717, 1.165) is 16.2 Å². The van der Waals surface area contributed by atoms with Gasteiger partial charge in [0.15, 0.2) is 11.5 Å². The summed E-state index contributed by atoms with van der Waals surface area (Å²) in [5.74, 6) is 0.160. The largest absolute Gasteiger partial charge is 0.490 e. The lowest BCUT2D eigenvalue weighted by molar-refractivity contribution is -0.122. The molecule has 1 heterocycles. The number of nitrogens with zero attached hydrogens (tertiary/aromatic N) is 1. The summed E-state index contributed by atoms with van der Waals surface area (Å²) in [5, 5.41) is 2.65. The van der Waals surface area contributed by atoms with Gasteiger partial charge in [-0.15, -0.1) is 0 Å². The number of nitrogens with one attached hydrogen (secondary N) is 1. The molecule has 1 aliphatic heterocycles. The first-order valence-corrected chi connectivity index (χ1v) is 12.0. The molecule has 1 N–H and O–H groups in total. The number of imide groups is 2. The number of urea groups is 1. The molecule has 1 fully saturated rings. The van der Waals surface area contributed by atoms with Crippen molar-refractivity contribution in [2.24, 2.45) is 0 Å². The van der Waals surface area contributed by atoms with Crippen LogP contribution in [-0.2, 0) is 9.59 Å². The van der Waals surface area contributed by atoms with Crippen molar-refractivity contribution >= 4 is 41.2 Å². The predicted molar refractivity (Wildman–Crippen MR) is 140 cm³/mol. The number of anilines is 1. The molecule has 190 valence electrons. The number of amides is 4. The molecule has 4 rings (SSSR count). The molecule has 0 spiro atoms. The Balaban J connectivity index is 1.50. The average Bonchev–Trinajstić information content (AvgIpc) is 2.87. The Kier molecular flexibility index (Phi) is 8.10. The van der Waals surface area contributed by atoms with Gasteiger partial charge in [0.05, 0.1) is 12.3 Å². The Hall–Kier alpha value is -4.30. The molecular formula is C28H25ClN2O6. The Morgan fingerprint density at radius 1 is 0.865 bits per heavy atom. The fourth-order valence-electron chi connectivity index (χ4n) is 3.60. The summed E-state index contributed by atoms with van der Waals surface area (Å²) in [6, 6.07) is 18.1. The Labute approximate surface area is 219 Å². The van der Waals surface area contributed by atoms with Gasteiger partial charge >= 0.3 is 6.03 Å². The van der Waals surface area contributed by atoms with E-state index in [2.05, 4.69) is 5.32 Å². The van der Waals surface area contributed by atoms with E-state index in [4.69, 9.17) is 25.8 Å². The molecule has 1 aliphatic rings. The van der Waals surface area contributed by atoms with Gasteiger partial charge < -0.3 is 14.2 Å². The zero-order valence-corrected chi connectivity index (χ0v) is 21.1. The van der Waals surface area contributed by atoms with Crippen LogP contribution in [0.5, 0.6) is 17.2 Å². The molecule has 0 aromatic heterocycles. The predicted octanol–water partition coefficient (Wildman–Crippen LogP) is 5.17. The summed E-state index contributed by atoms with van der Waals surface area (Å²) in [4.78, 5) is 38.9. The van der Waals surface area contributed by atoms with Crippen molar-refractivity contribution in [1.29, 1.82) is 0 Å². The van der Waals surface area contributed by atoms with E-state index in [-0.39, 0.29) is 17.9 Å². The summed E-state index contributed by atoms with van der Waals surface area (Å²) in [7, 11) is 0. The summed E-state index contributed by atoms with van der Waals surface area (Å²) >= 11 is 5.91. The lowest BCUT2D eigenvalue weighted by Gasteiger charge is -2.26. The van der Waals surface area contributed by atoms with Crippen molar-refractivity contribution in [3.8, 4) is 17.2 Å². The highest BCUT2D eigenvalue weighted by Gasteiger charge is 2.36. The van der Waals surface area contributed by atoms with Crippen LogP contribution in [0.25, 0.3) is 6.08 Å². The Morgan fingerprint density at radius 2 is 1.57 bits per heavy atom. The number of halogens is 1. The molecule has 1 saturated heterocycles. The standard InChI is InChI=1S/C28H25ClN2O6/c1-3-35-25-17-19(6-13-24(25)37-15-14-36-22-11-4-18(2)5-12-22)16-23-26(32)30-28(34)31(27(23)33)21-9-7-20(29)8-10-21/h4-13,16-17H,3,14-15H2,1-2H3,(H,30,32,34). The van der Waals surface area contributed by atoms with E-state index < -0.39 is 17.8 Å². The highest BCUT2D eigenvalue weighted by atomic mass is 35.5. The normalized spacial score (nSPS) is 14.5. The topological polar surface area (TPSA) is 94.2 Å². The second kappa shape index (κ2) is 11.6. The monoisotopic (exact) mass is 520 g/mol. The van der Waals surface area contributed by atoms with E-state index in [1.165, 1.54) is 18.2 Å². The van der Waals surface area contributed by atoms with Crippen LogP contribution in [0.2, 0.25) is 5.02 Å². The fourth-order valence-corrected chi connectivity index (χ4v) is 3.72. The van der Waals surface area contributed by atoms with Crippen LogP contribution in [0.15, 0.2) is 72.3 Å². The Morgan fingerprint density at radius 3 is 2.27 bits per heavy atom. The molecule has 37 heavy (non-hydrogen) atoms. The number of carbonyl (C=O) groups is 3. The molecule has 3 aromatic rings.